The van der Waals surface area contributed by atoms with E-state index in [1.54, 1.807) is 0 Å². The van der Waals surface area contributed by atoms with E-state index in [4.69, 9.17) is 4.74 Å². The first-order valence-electron chi connectivity index (χ1n) is 8.09. The van der Waals surface area contributed by atoms with Crippen LogP contribution < -0.4 is 10.1 Å². The number of hydrogen-bond donors (Lipinski definition) is 1. The van der Waals surface area contributed by atoms with Crippen molar-refractivity contribution in [2.45, 2.75) is 32.3 Å². The Kier molecular flexibility index (Phi) is 5.19. The van der Waals surface area contributed by atoms with Gasteiger partial charge in [0.1, 0.15) is 11.9 Å². The van der Waals surface area contributed by atoms with Crippen LogP contribution in [0, 0.1) is 5.92 Å². The van der Waals surface area contributed by atoms with Crippen molar-refractivity contribution in [1.82, 2.24) is 10.2 Å². The van der Waals surface area contributed by atoms with Crippen molar-refractivity contribution in [1.29, 1.82) is 0 Å². The van der Waals surface area contributed by atoms with Gasteiger partial charge in [0.2, 0.25) is 0 Å². The van der Waals surface area contributed by atoms with E-state index in [0.717, 1.165) is 29.7 Å². The lowest BCUT2D eigenvalue weighted by Crippen LogP contribution is -2.36. The van der Waals surface area contributed by atoms with Gasteiger partial charge in [0.15, 0.2) is 0 Å². The van der Waals surface area contributed by atoms with E-state index in [-0.39, 0.29) is 6.10 Å². The molecule has 2 atom stereocenters. The van der Waals surface area contributed by atoms with E-state index < -0.39 is 0 Å². The molecule has 2 aliphatic rings. The Morgan fingerprint density at radius 3 is 3.00 bits per heavy atom. The molecule has 4 heteroatoms. The average Bonchev–Trinajstić information content (AvgIpc) is 3.07. The Morgan fingerprint density at radius 2 is 2.19 bits per heavy atom. The van der Waals surface area contributed by atoms with Gasteiger partial charge in [-0.15, -0.1) is 0 Å². The third kappa shape index (κ3) is 4.21. The second-order valence-corrected chi connectivity index (χ2v) is 7.38. The Bertz CT molecular complexity index is 474. The smallest absolute Gasteiger partial charge is 0.123 e. The van der Waals surface area contributed by atoms with Gasteiger partial charge >= 0.3 is 0 Å². The molecule has 0 aliphatic carbocycles. The van der Waals surface area contributed by atoms with Crippen molar-refractivity contribution in [3.63, 3.8) is 0 Å². The van der Waals surface area contributed by atoms with Crippen molar-refractivity contribution in [3.05, 3.63) is 28.2 Å². The van der Waals surface area contributed by atoms with E-state index >= 15 is 0 Å². The summed E-state index contributed by atoms with van der Waals surface area (Å²) in [4.78, 5) is 2.59. The molecular weight excluding hydrogens is 328 g/mol. The fraction of sp³-hybridized carbons (Fsp3) is 0.647. The number of benzene rings is 1. The van der Waals surface area contributed by atoms with Crippen molar-refractivity contribution in [2.75, 3.05) is 32.7 Å². The zero-order valence-corrected chi connectivity index (χ0v) is 14.4. The van der Waals surface area contributed by atoms with Crippen LogP contribution in [0.5, 0.6) is 5.75 Å². The minimum atomic E-state index is 0.285. The van der Waals surface area contributed by atoms with Crippen LogP contribution in [-0.2, 0) is 6.42 Å². The largest absolute Gasteiger partial charge is 0.488 e. The molecule has 21 heavy (non-hydrogen) atoms. The molecule has 1 saturated heterocycles. The van der Waals surface area contributed by atoms with Crippen LogP contribution in [0.4, 0.5) is 0 Å². The highest BCUT2D eigenvalue weighted by atomic mass is 79.9. The number of rotatable bonds is 6. The van der Waals surface area contributed by atoms with Crippen molar-refractivity contribution >= 4 is 15.9 Å². The standard InChI is InChI=1S/C17H25BrN2O/c1-13(12-20-6-2-3-7-20)10-19-11-16-9-14-8-15(18)4-5-17(14)21-16/h4-5,8,13,16,19H,2-3,6-7,9-12H2,1H3. The molecule has 0 amide bonds. The summed E-state index contributed by atoms with van der Waals surface area (Å²) in [5.74, 6) is 1.76. The summed E-state index contributed by atoms with van der Waals surface area (Å²) < 4.78 is 7.12. The Labute approximate surface area is 136 Å². The minimum absolute atomic E-state index is 0.285. The summed E-state index contributed by atoms with van der Waals surface area (Å²) in [5, 5.41) is 3.59. The lowest BCUT2D eigenvalue weighted by molar-refractivity contribution is 0.220. The molecule has 1 N–H and O–H groups in total. The second kappa shape index (κ2) is 7.12. The summed E-state index contributed by atoms with van der Waals surface area (Å²) in [7, 11) is 0. The van der Waals surface area contributed by atoms with Crippen LogP contribution in [0.1, 0.15) is 25.3 Å². The lowest BCUT2D eigenvalue weighted by atomic mass is 10.1. The van der Waals surface area contributed by atoms with Crippen LogP contribution >= 0.6 is 15.9 Å². The van der Waals surface area contributed by atoms with E-state index in [2.05, 4.69) is 45.2 Å². The Morgan fingerprint density at radius 1 is 1.38 bits per heavy atom. The predicted octanol–water partition coefficient (Wildman–Crippen LogP) is 3.07. The third-order valence-corrected chi connectivity index (χ3v) is 4.89. The molecule has 0 saturated carbocycles. The summed E-state index contributed by atoms with van der Waals surface area (Å²) >= 11 is 3.52. The van der Waals surface area contributed by atoms with E-state index in [1.807, 2.05) is 6.07 Å². The molecule has 116 valence electrons. The highest BCUT2D eigenvalue weighted by Crippen LogP contribution is 2.30. The molecule has 3 rings (SSSR count). The third-order valence-electron chi connectivity index (χ3n) is 4.40. The zero-order chi connectivity index (χ0) is 14.7. The van der Waals surface area contributed by atoms with Gasteiger partial charge in [-0.3, -0.25) is 0 Å². The first-order valence-corrected chi connectivity index (χ1v) is 8.88. The second-order valence-electron chi connectivity index (χ2n) is 6.47. The van der Waals surface area contributed by atoms with Gasteiger partial charge in [-0.05, 0) is 62.2 Å². The number of fused-ring (bicyclic) bond motifs is 1. The molecule has 1 aromatic rings. The first kappa shape index (κ1) is 15.3. The number of halogens is 1. The molecule has 2 heterocycles. The highest BCUT2D eigenvalue weighted by Gasteiger charge is 2.23. The van der Waals surface area contributed by atoms with Gasteiger partial charge in [-0.25, -0.2) is 0 Å². The monoisotopic (exact) mass is 352 g/mol. The first-order chi connectivity index (χ1) is 10.2. The number of hydrogen-bond acceptors (Lipinski definition) is 3. The molecule has 1 aromatic carbocycles. The quantitative estimate of drug-likeness (QED) is 0.851. The van der Waals surface area contributed by atoms with Gasteiger partial charge in [0, 0.05) is 24.0 Å². The molecule has 0 aromatic heterocycles. The topological polar surface area (TPSA) is 24.5 Å². The molecule has 0 spiro atoms. The van der Waals surface area contributed by atoms with Gasteiger partial charge in [-0.1, -0.05) is 22.9 Å². The van der Waals surface area contributed by atoms with Crippen molar-refractivity contribution in [3.8, 4) is 5.75 Å². The normalized spacial score (nSPS) is 23.0. The molecule has 0 bridgehead atoms. The fourth-order valence-electron chi connectivity index (χ4n) is 3.36. The summed E-state index contributed by atoms with van der Waals surface area (Å²) in [6.07, 6.45) is 4.06. The van der Waals surface area contributed by atoms with Gasteiger partial charge < -0.3 is 15.0 Å². The summed E-state index contributed by atoms with van der Waals surface area (Å²) in [6, 6.07) is 6.29. The maximum Gasteiger partial charge on any atom is 0.123 e. The summed E-state index contributed by atoms with van der Waals surface area (Å²) in [5.41, 5.74) is 1.32. The number of nitrogens with one attached hydrogen (secondary N) is 1. The Balaban J connectivity index is 1.37. The van der Waals surface area contributed by atoms with Gasteiger partial charge in [0.25, 0.3) is 0 Å². The minimum Gasteiger partial charge on any atom is -0.488 e. The number of ether oxygens (including phenoxy) is 1. The molecule has 0 radical (unpaired) electrons. The van der Waals surface area contributed by atoms with Crippen molar-refractivity contribution < 1.29 is 4.74 Å². The zero-order valence-electron chi connectivity index (χ0n) is 12.8. The van der Waals surface area contributed by atoms with Gasteiger partial charge in [0.05, 0.1) is 0 Å². The van der Waals surface area contributed by atoms with E-state index in [0.29, 0.717) is 5.92 Å². The molecule has 1 fully saturated rings. The lowest BCUT2D eigenvalue weighted by Gasteiger charge is -2.21. The van der Waals surface area contributed by atoms with Crippen LogP contribution in [0.25, 0.3) is 0 Å². The van der Waals surface area contributed by atoms with Gasteiger partial charge in [-0.2, -0.15) is 0 Å². The van der Waals surface area contributed by atoms with Crippen LogP contribution in [-0.4, -0.2) is 43.7 Å². The SMILES string of the molecule is CC(CNCC1Cc2cc(Br)ccc2O1)CN1CCCC1. The average molecular weight is 353 g/mol. The van der Waals surface area contributed by atoms with Crippen molar-refractivity contribution in [2.24, 2.45) is 5.92 Å². The maximum absolute atomic E-state index is 5.98. The fourth-order valence-corrected chi connectivity index (χ4v) is 3.77. The molecule has 2 unspecified atom stereocenters. The predicted molar refractivity (Wildman–Crippen MR) is 90.0 cm³/mol. The van der Waals surface area contributed by atoms with Crippen LogP contribution in [0.3, 0.4) is 0 Å². The molecular formula is C17H25BrN2O. The molecule has 2 aliphatic heterocycles. The van der Waals surface area contributed by atoms with E-state index in [1.165, 1.54) is 38.0 Å². The maximum atomic E-state index is 5.98. The number of likely N-dealkylation sites (tertiary alicyclic amines) is 1. The van der Waals surface area contributed by atoms with Crippen LogP contribution in [0.15, 0.2) is 22.7 Å². The molecule has 3 nitrogen and oxygen atoms in total. The van der Waals surface area contributed by atoms with E-state index in [9.17, 15) is 0 Å². The Hall–Kier alpha value is -0.580. The highest BCUT2D eigenvalue weighted by molar-refractivity contribution is 9.10. The number of nitrogens with zero attached hydrogens (tertiary/aromatic N) is 1. The summed E-state index contributed by atoms with van der Waals surface area (Å²) in [6.45, 7) is 8.17. The van der Waals surface area contributed by atoms with Crippen LogP contribution in [0.2, 0.25) is 0 Å².